The number of halogens is 2. The van der Waals surface area contributed by atoms with Gasteiger partial charge in [0.05, 0.1) is 42.4 Å². The summed E-state index contributed by atoms with van der Waals surface area (Å²) in [5.74, 6) is -1.98. The first-order valence-electron chi connectivity index (χ1n) is 13.0. The molecule has 0 aliphatic carbocycles. The summed E-state index contributed by atoms with van der Waals surface area (Å²) in [6, 6.07) is 20.4. The molecule has 5 rings (SSSR count). The van der Waals surface area contributed by atoms with E-state index in [1.165, 1.54) is 53.6 Å². The number of carbonyl (C=O) groups is 1. The van der Waals surface area contributed by atoms with Gasteiger partial charge < -0.3 is 14.2 Å². The van der Waals surface area contributed by atoms with Crippen LogP contribution in [0.15, 0.2) is 90.2 Å². The van der Waals surface area contributed by atoms with Gasteiger partial charge in [0.25, 0.3) is 5.91 Å². The van der Waals surface area contributed by atoms with Crippen molar-refractivity contribution in [3.8, 4) is 0 Å². The molecule has 3 aromatic carbocycles. The highest BCUT2D eigenvalue weighted by Gasteiger charge is 2.29. The van der Waals surface area contributed by atoms with Crippen LogP contribution in [0.5, 0.6) is 0 Å². The number of hydrogen-bond acceptors (Lipinski definition) is 5. The van der Waals surface area contributed by atoms with E-state index in [2.05, 4.69) is 4.98 Å². The van der Waals surface area contributed by atoms with E-state index in [1.807, 2.05) is 30.3 Å². The van der Waals surface area contributed by atoms with Gasteiger partial charge in [-0.05, 0) is 48.2 Å². The van der Waals surface area contributed by atoms with Crippen LogP contribution >= 0.6 is 0 Å². The van der Waals surface area contributed by atoms with Crippen molar-refractivity contribution in [2.24, 2.45) is 0 Å². The zero-order chi connectivity index (χ0) is 28.1. The van der Waals surface area contributed by atoms with Gasteiger partial charge in [0.1, 0.15) is 11.6 Å². The van der Waals surface area contributed by atoms with Gasteiger partial charge in [0.2, 0.25) is 15.0 Å². The molecule has 1 aliphatic heterocycles. The normalized spacial score (nSPS) is 15.3. The van der Waals surface area contributed by atoms with Crippen LogP contribution in [0.4, 0.5) is 8.78 Å². The lowest BCUT2D eigenvalue weighted by molar-refractivity contribution is 0.0498. The quantitative estimate of drug-likeness (QED) is 0.270. The van der Waals surface area contributed by atoms with E-state index in [-0.39, 0.29) is 42.2 Å². The van der Waals surface area contributed by atoms with Crippen molar-refractivity contribution in [1.82, 2.24) is 14.5 Å². The van der Waals surface area contributed by atoms with Gasteiger partial charge in [-0.1, -0.05) is 54.6 Å². The third-order valence-electron chi connectivity index (χ3n) is 6.83. The van der Waals surface area contributed by atoms with E-state index in [1.54, 1.807) is 10.6 Å². The van der Waals surface area contributed by atoms with Crippen molar-refractivity contribution < 1.29 is 26.7 Å². The Balaban J connectivity index is 1.51. The molecule has 1 amide bonds. The largest absolute Gasteiger partial charge is 0.376 e. The summed E-state index contributed by atoms with van der Waals surface area (Å²) in [7, 11) is -3.95. The van der Waals surface area contributed by atoms with E-state index in [4.69, 9.17) is 4.74 Å². The van der Waals surface area contributed by atoms with Gasteiger partial charge in [0.15, 0.2) is 0 Å². The van der Waals surface area contributed by atoms with E-state index in [9.17, 15) is 22.0 Å². The highest BCUT2D eigenvalue weighted by Crippen LogP contribution is 2.23. The van der Waals surface area contributed by atoms with Gasteiger partial charge in [-0.15, -0.1) is 0 Å². The maximum absolute atomic E-state index is 14.6. The lowest BCUT2D eigenvalue weighted by Gasteiger charge is -2.26. The SMILES string of the molecule is O=C(c1ccccc1F)N(Cc1cnc(S(=O)(=O)Cc2ccc(F)cc2)n1Cc1ccccc1)CC1CCCO1. The van der Waals surface area contributed by atoms with Gasteiger partial charge in [0, 0.05) is 13.2 Å². The van der Waals surface area contributed by atoms with E-state index >= 15 is 0 Å². The third kappa shape index (κ3) is 6.46. The van der Waals surface area contributed by atoms with Crippen molar-refractivity contribution in [3.63, 3.8) is 0 Å². The first-order chi connectivity index (χ1) is 19.3. The van der Waals surface area contributed by atoms with Crippen molar-refractivity contribution in [2.75, 3.05) is 13.2 Å². The van der Waals surface area contributed by atoms with Gasteiger partial charge in [-0.25, -0.2) is 22.2 Å². The smallest absolute Gasteiger partial charge is 0.257 e. The maximum Gasteiger partial charge on any atom is 0.257 e. The average molecular weight is 566 g/mol. The Morgan fingerprint density at radius 2 is 1.70 bits per heavy atom. The molecule has 10 heteroatoms. The van der Waals surface area contributed by atoms with Crippen molar-refractivity contribution >= 4 is 15.7 Å². The number of carbonyl (C=O) groups excluding carboxylic acids is 1. The lowest BCUT2D eigenvalue weighted by Crippen LogP contribution is -2.38. The molecule has 2 heterocycles. The van der Waals surface area contributed by atoms with Crippen LogP contribution in [0.25, 0.3) is 0 Å². The fraction of sp³-hybridized carbons (Fsp3) is 0.267. The molecule has 7 nitrogen and oxygen atoms in total. The Bertz CT molecular complexity index is 1570. The second-order valence-electron chi connectivity index (χ2n) is 9.79. The highest BCUT2D eigenvalue weighted by molar-refractivity contribution is 7.90. The molecule has 0 saturated carbocycles. The topological polar surface area (TPSA) is 81.5 Å². The fourth-order valence-electron chi connectivity index (χ4n) is 4.82. The Morgan fingerprint density at radius 1 is 0.975 bits per heavy atom. The van der Waals surface area contributed by atoms with E-state index in [0.29, 0.717) is 17.9 Å². The third-order valence-corrected chi connectivity index (χ3v) is 8.42. The summed E-state index contributed by atoms with van der Waals surface area (Å²) < 4.78 is 62.5. The van der Waals surface area contributed by atoms with Crippen molar-refractivity contribution in [3.05, 3.63) is 119 Å². The molecule has 0 bridgehead atoms. The highest BCUT2D eigenvalue weighted by atomic mass is 32.2. The van der Waals surface area contributed by atoms with Crippen LogP contribution in [-0.4, -0.2) is 48.0 Å². The molecule has 40 heavy (non-hydrogen) atoms. The van der Waals surface area contributed by atoms with Gasteiger partial charge in [-0.2, -0.15) is 0 Å². The first-order valence-corrected chi connectivity index (χ1v) is 14.7. The van der Waals surface area contributed by atoms with Crippen molar-refractivity contribution in [1.29, 1.82) is 0 Å². The van der Waals surface area contributed by atoms with Crippen LogP contribution in [-0.2, 0) is 33.4 Å². The number of imidazole rings is 1. The van der Waals surface area contributed by atoms with Crippen LogP contribution in [0.2, 0.25) is 0 Å². The van der Waals surface area contributed by atoms with Crippen LogP contribution in [0, 0.1) is 11.6 Å². The lowest BCUT2D eigenvalue weighted by atomic mass is 10.1. The minimum absolute atomic E-state index is 0.00106. The number of amides is 1. The molecule has 1 atom stereocenters. The molecule has 4 aromatic rings. The number of nitrogens with zero attached hydrogens (tertiary/aromatic N) is 3. The zero-order valence-corrected chi connectivity index (χ0v) is 22.6. The predicted octanol–water partition coefficient (Wildman–Crippen LogP) is 5.00. The molecule has 1 fully saturated rings. The monoisotopic (exact) mass is 565 g/mol. The molecule has 1 aliphatic rings. The van der Waals surface area contributed by atoms with Gasteiger partial charge >= 0.3 is 0 Å². The van der Waals surface area contributed by atoms with Crippen LogP contribution in [0.1, 0.15) is 40.0 Å². The van der Waals surface area contributed by atoms with Crippen molar-refractivity contribution in [2.45, 2.75) is 42.9 Å². The number of aromatic nitrogens is 2. The summed E-state index contributed by atoms with van der Waals surface area (Å²) in [6.45, 7) is 1.00. The Kier molecular flexibility index (Phi) is 8.37. The number of hydrogen-bond donors (Lipinski definition) is 0. The molecule has 1 aromatic heterocycles. The Morgan fingerprint density at radius 3 is 2.40 bits per heavy atom. The molecule has 0 N–H and O–H groups in total. The summed E-state index contributed by atoms with van der Waals surface area (Å²) in [5.41, 5.74) is 1.67. The minimum atomic E-state index is -3.95. The summed E-state index contributed by atoms with van der Waals surface area (Å²) in [6.07, 6.45) is 2.87. The maximum atomic E-state index is 14.6. The molecule has 208 valence electrons. The number of ether oxygens (including phenoxy) is 1. The molecule has 1 unspecified atom stereocenters. The van der Waals surface area contributed by atoms with Gasteiger partial charge in [-0.3, -0.25) is 4.79 Å². The van der Waals surface area contributed by atoms with Crippen LogP contribution < -0.4 is 0 Å². The molecule has 0 spiro atoms. The van der Waals surface area contributed by atoms with E-state index < -0.39 is 27.4 Å². The standard InChI is InChI=1S/C30H29F2N3O4S/c31-24-14-12-23(13-15-24)21-40(37,38)30-33-17-25(35(30)18-22-7-2-1-3-8-22)19-34(20-26-9-6-16-39-26)29(36)27-10-4-5-11-28(27)32/h1-5,7-8,10-15,17,26H,6,9,16,18-21H2. The zero-order valence-electron chi connectivity index (χ0n) is 21.7. The summed E-state index contributed by atoms with van der Waals surface area (Å²) >= 11 is 0. The number of sulfone groups is 1. The minimum Gasteiger partial charge on any atom is -0.376 e. The predicted molar refractivity (Wildman–Crippen MR) is 145 cm³/mol. The first kappa shape index (κ1) is 27.7. The molecular formula is C30H29F2N3O4S. The summed E-state index contributed by atoms with van der Waals surface area (Å²) in [5, 5.41) is -0.161. The average Bonchev–Trinajstić information content (AvgIpc) is 3.61. The second-order valence-corrected chi connectivity index (χ2v) is 11.7. The Labute approximate surface area is 232 Å². The molecule has 0 radical (unpaired) electrons. The fourth-order valence-corrected chi connectivity index (χ4v) is 6.31. The number of benzene rings is 3. The van der Waals surface area contributed by atoms with E-state index in [0.717, 1.165) is 18.4 Å². The Hall–Kier alpha value is -3.89. The van der Waals surface area contributed by atoms with Crippen LogP contribution in [0.3, 0.4) is 0 Å². The second kappa shape index (κ2) is 12.1. The summed E-state index contributed by atoms with van der Waals surface area (Å²) in [4.78, 5) is 19.3. The molecular weight excluding hydrogens is 536 g/mol. The molecule has 1 saturated heterocycles. The number of rotatable bonds is 10.